The lowest BCUT2D eigenvalue weighted by molar-refractivity contribution is 0.102. The molecule has 176 valence electrons. The Labute approximate surface area is 207 Å². The zero-order valence-corrected chi connectivity index (χ0v) is 19.9. The van der Waals surface area contributed by atoms with Crippen molar-refractivity contribution in [1.82, 2.24) is 5.32 Å². The molecule has 0 bridgehead atoms. The third-order valence-electron chi connectivity index (χ3n) is 6.38. The van der Waals surface area contributed by atoms with Crippen molar-refractivity contribution >= 4 is 11.6 Å². The van der Waals surface area contributed by atoms with Crippen LogP contribution in [0.5, 0.6) is 5.75 Å². The van der Waals surface area contributed by atoms with Gasteiger partial charge in [-0.3, -0.25) is 4.79 Å². The molecule has 0 aliphatic heterocycles. The van der Waals surface area contributed by atoms with Crippen molar-refractivity contribution < 1.29 is 9.53 Å². The quantitative estimate of drug-likeness (QED) is 0.298. The number of hydrogen-bond donors (Lipinski definition) is 2. The first-order valence-electron chi connectivity index (χ1n) is 12.2. The highest BCUT2D eigenvalue weighted by Gasteiger charge is 2.38. The highest BCUT2D eigenvalue weighted by atomic mass is 16.5. The molecule has 4 heteroatoms. The molecular weight excluding hydrogens is 432 g/mol. The number of amides is 1. The fraction of sp³-hybridized carbons (Fsp3) is 0.194. The lowest BCUT2D eigenvalue weighted by Crippen LogP contribution is -2.34. The lowest BCUT2D eigenvalue weighted by Gasteiger charge is -2.15. The number of rotatable bonds is 9. The maximum atomic E-state index is 12.7. The Hall–Kier alpha value is -3.89. The van der Waals surface area contributed by atoms with E-state index in [9.17, 15) is 4.79 Å². The number of benzene rings is 4. The van der Waals surface area contributed by atoms with E-state index in [0.29, 0.717) is 24.1 Å². The van der Waals surface area contributed by atoms with Gasteiger partial charge in [-0.25, -0.2) is 0 Å². The normalized spacial score (nSPS) is 17.4. The van der Waals surface area contributed by atoms with Gasteiger partial charge in [0.25, 0.3) is 5.91 Å². The molecule has 1 unspecified atom stereocenters. The minimum absolute atomic E-state index is 0.101. The average molecular weight is 463 g/mol. The summed E-state index contributed by atoms with van der Waals surface area (Å²) in [5.41, 5.74) is 4.98. The first-order chi connectivity index (χ1) is 17.2. The minimum Gasteiger partial charge on any atom is -0.492 e. The van der Waals surface area contributed by atoms with Crippen LogP contribution in [0.3, 0.4) is 0 Å². The topological polar surface area (TPSA) is 50.4 Å². The molecule has 4 nitrogen and oxygen atoms in total. The Morgan fingerprint density at radius 3 is 2.14 bits per heavy atom. The van der Waals surface area contributed by atoms with Crippen LogP contribution < -0.4 is 15.4 Å². The maximum absolute atomic E-state index is 12.7. The van der Waals surface area contributed by atoms with E-state index < -0.39 is 0 Å². The van der Waals surface area contributed by atoms with Gasteiger partial charge in [-0.05, 0) is 66.4 Å². The van der Waals surface area contributed by atoms with Gasteiger partial charge in [-0.2, -0.15) is 0 Å². The molecule has 1 saturated carbocycles. The molecule has 4 aromatic carbocycles. The van der Waals surface area contributed by atoms with Crippen LogP contribution in [0.4, 0.5) is 5.69 Å². The zero-order chi connectivity index (χ0) is 24.0. The molecule has 3 atom stereocenters. The second kappa shape index (κ2) is 10.6. The lowest BCUT2D eigenvalue weighted by atomic mass is 10.0. The molecule has 4 aromatic rings. The third-order valence-corrected chi connectivity index (χ3v) is 6.38. The summed E-state index contributed by atoms with van der Waals surface area (Å²) in [7, 11) is 0. The maximum Gasteiger partial charge on any atom is 0.255 e. The third kappa shape index (κ3) is 5.97. The Balaban J connectivity index is 1.10. The van der Waals surface area contributed by atoms with E-state index in [1.54, 1.807) is 0 Å². The number of anilines is 1. The van der Waals surface area contributed by atoms with Gasteiger partial charge in [0.2, 0.25) is 0 Å². The summed E-state index contributed by atoms with van der Waals surface area (Å²) in [6, 6.07) is 36.7. The number of hydrogen-bond acceptors (Lipinski definition) is 3. The average Bonchev–Trinajstić information content (AvgIpc) is 3.68. The Morgan fingerprint density at radius 2 is 1.46 bits per heavy atom. The molecular formula is C31H30N2O2. The fourth-order valence-electron chi connectivity index (χ4n) is 4.36. The summed E-state index contributed by atoms with van der Waals surface area (Å²) in [4.78, 5) is 12.7. The molecule has 1 fully saturated rings. The molecule has 0 heterocycles. The molecule has 1 aliphatic rings. The van der Waals surface area contributed by atoms with E-state index in [1.165, 1.54) is 5.56 Å². The summed E-state index contributed by atoms with van der Waals surface area (Å²) < 4.78 is 5.85. The van der Waals surface area contributed by atoms with Gasteiger partial charge in [0.05, 0.1) is 0 Å². The first-order valence-corrected chi connectivity index (χ1v) is 12.2. The molecule has 0 spiro atoms. The van der Waals surface area contributed by atoms with Gasteiger partial charge in [-0.15, -0.1) is 0 Å². The van der Waals surface area contributed by atoms with Crippen molar-refractivity contribution in [3.63, 3.8) is 0 Å². The van der Waals surface area contributed by atoms with Crippen LogP contribution in [-0.2, 0) is 0 Å². The van der Waals surface area contributed by atoms with Gasteiger partial charge in [0.15, 0.2) is 0 Å². The fourth-order valence-corrected chi connectivity index (χ4v) is 4.36. The molecule has 1 aliphatic carbocycles. The van der Waals surface area contributed by atoms with E-state index in [0.717, 1.165) is 29.0 Å². The van der Waals surface area contributed by atoms with Gasteiger partial charge in [-0.1, -0.05) is 72.8 Å². The SMILES string of the molecule is CC(COc1ccccc1)N[C@@H]1C[C@H]1c1ccc(NC(=O)c2ccc(-c3ccccc3)cc2)cc1. The molecule has 5 rings (SSSR count). The van der Waals surface area contributed by atoms with Gasteiger partial charge in [0.1, 0.15) is 12.4 Å². The molecule has 0 radical (unpaired) electrons. The van der Waals surface area contributed by atoms with Crippen molar-refractivity contribution in [2.45, 2.75) is 31.3 Å². The Bertz CT molecular complexity index is 1240. The highest BCUT2D eigenvalue weighted by Crippen LogP contribution is 2.41. The number of nitrogens with one attached hydrogen (secondary N) is 2. The van der Waals surface area contributed by atoms with E-state index in [4.69, 9.17) is 4.74 Å². The number of carbonyl (C=O) groups excluding carboxylic acids is 1. The predicted octanol–water partition coefficient (Wildman–Crippen LogP) is 6.52. The Morgan fingerprint density at radius 1 is 0.829 bits per heavy atom. The van der Waals surface area contributed by atoms with Crippen LogP contribution in [0.15, 0.2) is 109 Å². The van der Waals surface area contributed by atoms with Gasteiger partial charge >= 0.3 is 0 Å². The van der Waals surface area contributed by atoms with Crippen molar-refractivity contribution in [3.8, 4) is 16.9 Å². The van der Waals surface area contributed by atoms with E-state index >= 15 is 0 Å². The Kier molecular flexibility index (Phi) is 6.92. The summed E-state index contributed by atoms with van der Waals surface area (Å²) >= 11 is 0. The van der Waals surface area contributed by atoms with E-state index in [1.807, 2.05) is 84.9 Å². The molecule has 0 aromatic heterocycles. The van der Waals surface area contributed by atoms with Crippen molar-refractivity contribution in [2.24, 2.45) is 0 Å². The van der Waals surface area contributed by atoms with Crippen molar-refractivity contribution in [3.05, 3.63) is 120 Å². The second-order valence-electron chi connectivity index (χ2n) is 9.16. The molecule has 2 N–H and O–H groups in total. The van der Waals surface area contributed by atoms with Crippen LogP contribution in [0.1, 0.15) is 35.2 Å². The van der Waals surface area contributed by atoms with Crippen LogP contribution in [0.2, 0.25) is 0 Å². The van der Waals surface area contributed by atoms with E-state index in [-0.39, 0.29) is 11.9 Å². The first kappa shape index (κ1) is 22.9. The van der Waals surface area contributed by atoms with Crippen LogP contribution in [-0.4, -0.2) is 24.6 Å². The summed E-state index contributed by atoms with van der Waals surface area (Å²) in [5, 5.41) is 6.67. The summed E-state index contributed by atoms with van der Waals surface area (Å²) in [6.45, 7) is 2.80. The molecule has 35 heavy (non-hydrogen) atoms. The standard InChI is InChI=1S/C31H30N2O2/c1-22(21-35-28-10-6-3-7-11-28)32-30-20-29(30)25-16-18-27(19-17-25)33-31(34)26-14-12-24(13-15-26)23-8-4-2-5-9-23/h2-19,22,29-30,32H,20-21H2,1H3,(H,33,34)/t22?,29-,30+/m0/s1. The minimum atomic E-state index is -0.101. The number of carbonyl (C=O) groups is 1. The van der Waals surface area contributed by atoms with Crippen molar-refractivity contribution in [2.75, 3.05) is 11.9 Å². The molecule has 0 saturated heterocycles. The molecule has 1 amide bonds. The van der Waals surface area contributed by atoms with Crippen LogP contribution in [0, 0.1) is 0 Å². The van der Waals surface area contributed by atoms with Gasteiger partial charge < -0.3 is 15.4 Å². The monoisotopic (exact) mass is 462 g/mol. The smallest absolute Gasteiger partial charge is 0.255 e. The number of para-hydroxylation sites is 1. The van der Waals surface area contributed by atoms with Crippen molar-refractivity contribution in [1.29, 1.82) is 0 Å². The predicted molar refractivity (Wildman–Crippen MR) is 142 cm³/mol. The van der Waals surface area contributed by atoms with Gasteiger partial charge in [0, 0.05) is 29.3 Å². The second-order valence-corrected chi connectivity index (χ2v) is 9.16. The van der Waals surface area contributed by atoms with Crippen LogP contribution in [0.25, 0.3) is 11.1 Å². The van der Waals surface area contributed by atoms with Crippen LogP contribution >= 0.6 is 0 Å². The number of ether oxygens (including phenoxy) is 1. The van der Waals surface area contributed by atoms with E-state index in [2.05, 4.69) is 41.8 Å². The largest absolute Gasteiger partial charge is 0.492 e. The summed E-state index contributed by atoms with van der Waals surface area (Å²) in [5.74, 6) is 1.30. The summed E-state index contributed by atoms with van der Waals surface area (Å²) in [6.07, 6.45) is 1.12. The zero-order valence-electron chi connectivity index (χ0n) is 19.9. The highest BCUT2D eigenvalue weighted by molar-refractivity contribution is 6.04.